The van der Waals surface area contributed by atoms with E-state index in [1.165, 1.54) is 12.8 Å². The predicted octanol–water partition coefficient (Wildman–Crippen LogP) is 1.83. The fourth-order valence-corrected chi connectivity index (χ4v) is 1.70. The van der Waals surface area contributed by atoms with Crippen molar-refractivity contribution in [3.05, 3.63) is 29.8 Å². The number of benzene rings is 1. The zero-order chi connectivity index (χ0) is 13.7. The van der Waals surface area contributed by atoms with Crippen molar-refractivity contribution in [3.63, 3.8) is 0 Å². The minimum absolute atomic E-state index is 0.0588. The molecule has 0 aromatic heterocycles. The number of carbonyl (C=O) groups excluding carboxylic acids is 1. The Hall–Kier alpha value is -1.55. The van der Waals surface area contributed by atoms with Crippen LogP contribution in [0.15, 0.2) is 24.3 Å². The van der Waals surface area contributed by atoms with Gasteiger partial charge in [-0.1, -0.05) is 19.1 Å². The van der Waals surface area contributed by atoms with Gasteiger partial charge in [-0.15, -0.1) is 0 Å². The molecule has 0 aliphatic heterocycles. The SMILES string of the molecule is CC(CO)CNC(=O)c1ccccc1OCC1CC1. The van der Waals surface area contributed by atoms with E-state index in [1.807, 2.05) is 25.1 Å². The van der Waals surface area contributed by atoms with Gasteiger partial charge in [-0.3, -0.25) is 4.79 Å². The van der Waals surface area contributed by atoms with Crippen LogP contribution in [0.5, 0.6) is 5.75 Å². The standard InChI is InChI=1S/C15H21NO3/c1-11(9-17)8-16-15(18)13-4-2-3-5-14(13)19-10-12-6-7-12/h2-5,11-12,17H,6-10H2,1H3,(H,16,18). The summed E-state index contributed by atoms with van der Waals surface area (Å²) in [6.45, 7) is 3.11. The number of ether oxygens (including phenoxy) is 1. The summed E-state index contributed by atoms with van der Waals surface area (Å²) in [7, 11) is 0. The molecule has 0 spiro atoms. The summed E-state index contributed by atoms with van der Waals surface area (Å²) in [6, 6.07) is 7.29. The van der Waals surface area contributed by atoms with Crippen LogP contribution in [0.25, 0.3) is 0 Å². The van der Waals surface area contributed by atoms with Gasteiger partial charge < -0.3 is 15.2 Å². The normalized spacial score (nSPS) is 15.9. The number of hydrogen-bond acceptors (Lipinski definition) is 3. The molecule has 1 amide bonds. The largest absolute Gasteiger partial charge is 0.492 e. The second-order valence-corrected chi connectivity index (χ2v) is 5.25. The van der Waals surface area contributed by atoms with Crippen LogP contribution in [0.4, 0.5) is 0 Å². The first-order valence-electron chi connectivity index (χ1n) is 6.81. The molecule has 0 saturated heterocycles. The summed E-state index contributed by atoms with van der Waals surface area (Å²) >= 11 is 0. The number of amides is 1. The van der Waals surface area contributed by atoms with Crippen LogP contribution in [0.1, 0.15) is 30.1 Å². The second kappa shape index (κ2) is 6.57. The Bertz CT molecular complexity index is 429. The molecule has 104 valence electrons. The zero-order valence-corrected chi connectivity index (χ0v) is 11.3. The molecular formula is C15H21NO3. The van der Waals surface area contributed by atoms with Gasteiger partial charge in [0.2, 0.25) is 0 Å². The van der Waals surface area contributed by atoms with E-state index in [1.54, 1.807) is 6.07 Å². The number of para-hydroxylation sites is 1. The average molecular weight is 263 g/mol. The van der Waals surface area contributed by atoms with Gasteiger partial charge in [0.05, 0.1) is 12.2 Å². The van der Waals surface area contributed by atoms with E-state index in [0.717, 1.165) is 0 Å². The molecule has 2 rings (SSSR count). The van der Waals surface area contributed by atoms with Gasteiger partial charge in [0, 0.05) is 13.2 Å². The minimum atomic E-state index is -0.147. The van der Waals surface area contributed by atoms with Crippen LogP contribution in [-0.2, 0) is 0 Å². The predicted molar refractivity (Wildman–Crippen MR) is 73.2 cm³/mol. The maximum Gasteiger partial charge on any atom is 0.255 e. The first-order chi connectivity index (χ1) is 9.20. The summed E-state index contributed by atoms with van der Waals surface area (Å²) in [6.07, 6.45) is 2.45. The molecule has 1 aromatic rings. The van der Waals surface area contributed by atoms with E-state index in [4.69, 9.17) is 9.84 Å². The Morgan fingerprint density at radius 3 is 2.89 bits per heavy atom. The maximum atomic E-state index is 12.1. The van der Waals surface area contributed by atoms with E-state index in [0.29, 0.717) is 30.4 Å². The highest BCUT2D eigenvalue weighted by molar-refractivity contribution is 5.96. The molecular weight excluding hydrogens is 242 g/mol. The second-order valence-electron chi connectivity index (χ2n) is 5.25. The van der Waals surface area contributed by atoms with Gasteiger partial charge in [-0.05, 0) is 36.8 Å². The molecule has 1 aliphatic carbocycles. The zero-order valence-electron chi connectivity index (χ0n) is 11.3. The average Bonchev–Trinajstić information content (AvgIpc) is 3.26. The van der Waals surface area contributed by atoms with Crippen molar-refractivity contribution >= 4 is 5.91 Å². The Labute approximate surface area is 113 Å². The van der Waals surface area contributed by atoms with E-state index < -0.39 is 0 Å². The number of rotatable bonds is 7. The summed E-state index contributed by atoms with van der Waals surface area (Å²) in [5.41, 5.74) is 0.563. The van der Waals surface area contributed by atoms with Crippen LogP contribution >= 0.6 is 0 Å². The third kappa shape index (κ3) is 4.24. The topological polar surface area (TPSA) is 58.6 Å². The lowest BCUT2D eigenvalue weighted by Gasteiger charge is -2.13. The van der Waals surface area contributed by atoms with Crippen LogP contribution in [-0.4, -0.2) is 30.8 Å². The molecule has 19 heavy (non-hydrogen) atoms. The van der Waals surface area contributed by atoms with Crippen LogP contribution in [0, 0.1) is 11.8 Å². The lowest BCUT2D eigenvalue weighted by molar-refractivity contribution is 0.0938. The molecule has 1 saturated carbocycles. The smallest absolute Gasteiger partial charge is 0.255 e. The summed E-state index contributed by atoms with van der Waals surface area (Å²) in [4.78, 5) is 12.1. The van der Waals surface area contributed by atoms with Gasteiger partial charge in [0.1, 0.15) is 5.75 Å². The van der Waals surface area contributed by atoms with Crippen LogP contribution in [0.2, 0.25) is 0 Å². The summed E-state index contributed by atoms with van der Waals surface area (Å²) in [5.74, 6) is 1.21. The third-order valence-corrected chi connectivity index (χ3v) is 3.23. The number of hydrogen-bond donors (Lipinski definition) is 2. The highest BCUT2D eigenvalue weighted by Gasteiger charge is 2.23. The summed E-state index contributed by atoms with van der Waals surface area (Å²) < 4.78 is 5.71. The molecule has 1 atom stereocenters. The van der Waals surface area contributed by atoms with E-state index in [2.05, 4.69) is 5.32 Å². The molecule has 0 heterocycles. The van der Waals surface area contributed by atoms with E-state index in [-0.39, 0.29) is 18.4 Å². The monoisotopic (exact) mass is 263 g/mol. The highest BCUT2D eigenvalue weighted by atomic mass is 16.5. The highest BCUT2D eigenvalue weighted by Crippen LogP contribution is 2.30. The van der Waals surface area contributed by atoms with E-state index >= 15 is 0 Å². The lowest BCUT2D eigenvalue weighted by atomic mass is 10.1. The number of aliphatic hydroxyl groups is 1. The van der Waals surface area contributed by atoms with Crippen molar-refractivity contribution in [2.75, 3.05) is 19.8 Å². The molecule has 0 radical (unpaired) electrons. The Kier molecular flexibility index (Phi) is 4.80. The van der Waals surface area contributed by atoms with Crippen LogP contribution < -0.4 is 10.1 Å². The third-order valence-electron chi connectivity index (χ3n) is 3.23. The molecule has 0 bridgehead atoms. The van der Waals surface area contributed by atoms with Gasteiger partial charge in [-0.25, -0.2) is 0 Å². The first-order valence-corrected chi connectivity index (χ1v) is 6.81. The summed E-state index contributed by atoms with van der Waals surface area (Å²) in [5, 5.41) is 11.8. The van der Waals surface area contributed by atoms with Crippen LogP contribution in [0.3, 0.4) is 0 Å². The van der Waals surface area contributed by atoms with Gasteiger partial charge >= 0.3 is 0 Å². The maximum absolute atomic E-state index is 12.1. The quantitative estimate of drug-likeness (QED) is 0.789. The number of aliphatic hydroxyl groups excluding tert-OH is 1. The fourth-order valence-electron chi connectivity index (χ4n) is 1.70. The van der Waals surface area contributed by atoms with Crippen molar-refractivity contribution in [1.29, 1.82) is 0 Å². The molecule has 4 nitrogen and oxygen atoms in total. The Balaban J connectivity index is 1.94. The van der Waals surface area contributed by atoms with Crippen molar-refractivity contribution in [3.8, 4) is 5.75 Å². The van der Waals surface area contributed by atoms with Crippen molar-refractivity contribution < 1.29 is 14.6 Å². The van der Waals surface area contributed by atoms with Crippen molar-refractivity contribution in [2.45, 2.75) is 19.8 Å². The lowest BCUT2D eigenvalue weighted by Crippen LogP contribution is -2.29. The molecule has 1 unspecified atom stereocenters. The molecule has 2 N–H and O–H groups in total. The van der Waals surface area contributed by atoms with E-state index in [9.17, 15) is 4.79 Å². The minimum Gasteiger partial charge on any atom is -0.492 e. The fraction of sp³-hybridized carbons (Fsp3) is 0.533. The molecule has 1 fully saturated rings. The van der Waals surface area contributed by atoms with Crippen molar-refractivity contribution in [2.24, 2.45) is 11.8 Å². The van der Waals surface area contributed by atoms with Crippen molar-refractivity contribution in [1.82, 2.24) is 5.32 Å². The Morgan fingerprint density at radius 2 is 2.21 bits per heavy atom. The number of nitrogens with one attached hydrogen (secondary N) is 1. The molecule has 1 aliphatic rings. The molecule has 4 heteroatoms. The first kappa shape index (κ1) is 13.9. The van der Waals surface area contributed by atoms with Gasteiger partial charge in [0.25, 0.3) is 5.91 Å². The van der Waals surface area contributed by atoms with Gasteiger partial charge in [0.15, 0.2) is 0 Å². The van der Waals surface area contributed by atoms with Gasteiger partial charge in [-0.2, -0.15) is 0 Å². The number of carbonyl (C=O) groups is 1. The Morgan fingerprint density at radius 1 is 1.47 bits per heavy atom. The molecule has 1 aromatic carbocycles.